The van der Waals surface area contributed by atoms with Gasteiger partial charge in [0.25, 0.3) is 0 Å². The average molecular weight is 254 g/mol. The third kappa shape index (κ3) is 3.45. The van der Waals surface area contributed by atoms with Crippen LogP contribution in [0.15, 0.2) is 0 Å². The zero-order chi connectivity index (χ0) is 13.0. The molecule has 102 valence electrons. The smallest absolute Gasteiger partial charge is 0.303 e. The number of carboxylic acid groups (broad SMARTS) is 1. The van der Waals surface area contributed by atoms with E-state index in [0.717, 1.165) is 45.2 Å². The third-order valence-corrected chi connectivity index (χ3v) is 3.90. The van der Waals surface area contributed by atoms with Gasteiger partial charge >= 0.3 is 5.97 Å². The van der Waals surface area contributed by atoms with E-state index in [0.29, 0.717) is 6.54 Å². The van der Waals surface area contributed by atoms with Crippen LogP contribution >= 0.6 is 0 Å². The number of carboxylic acids is 1. The number of rotatable bonds is 3. The Kier molecular flexibility index (Phi) is 4.58. The molecule has 5 heteroatoms. The topological polar surface area (TPSA) is 69.6 Å². The number of amides is 1. The maximum Gasteiger partial charge on any atom is 0.303 e. The van der Waals surface area contributed by atoms with E-state index in [1.54, 1.807) is 0 Å². The number of likely N-dealkylation sites (tertiary alicyclic amines) is 1. The minimum absolute atomic E-state index is 0.0395. The molecule has 2 saturated heterocycles. The van der Waals surface area contributed by atoms with Crippen molar-refractivity contribution in [3.63, 3.8) is 0 Å². The predicted molar refractivity (Wildman–Crippen MR) is 67.2 cm³/mol. The van der Waals surface area contributed by atoms with Crippen LogP contribution in [0.1, 0.15) is 38.5 Å². The van der Waals surface area contributed by atoms with Gasteiger partial charge in [0.2, 0.25) is 5.91 Å². The minimum atomic E-state index is -0.759. The highest BCUT2D eigenvalue weighted by Gasteiger charge is 2.30. The fourth-order valence-corrected chi connectivity index (χ4v) is 2.96. The number of nitrogens with zero attached hydrogens (tertiary/aromatic N) is 1. The largest absolute Gasteiger partial charge is 0.481 e. The normalized spacial score (nSPS) is 29.0. The second kappa shape index (κ2) is 6.18. The van der Waals surface area contributed by atoms with Crippen molar-refractivity contribution >= 4 is 11.9 Å². The summed E-state index contributed by atoms with van der Waals surface area (Å²) in [4.78, 5) is 24.9. The fourth-order valence-electron chi connectivity index (χ4n) is 2.96. The van der Waals surface area contributed by atoms with Crippen molar-refractivity contribution in [2.45, 2.75) is 44.6 Å². The molecule has 1 amide bonds. The van der Waals surface area contributed by atoms with Crippen molar-refractivity contribution in [1.82, 2.24) is 10.2 Å². The first-order valence-corrected chi connectivity index (χ1v) is 6.91. The van der Waals surface area contributed by atoms with Crippen molar-refractivity contribution in [2.24, 2.45) is 5.92 Å². The van der Waals surface area contributed by atoms with Crippen LogP contribution in [-0.4, -0.2) is 47.6 Å². The molecular weight excluding hydrogens is 232 g/mol. The summed E-state index contributed by atoms with van der Waals surface area (Å²) < 4.78 is 0. The molecule has 0 bridgehead atoms. The predicted octanol–water partition coefficient (Wildman–Crippen LogP) is 0.842. The molecule has 2 aliphatic heterocycles. The van der Waals surface area contributed by atoms with Gasteiger partial charge in [0.1, 0.15) is 0 Å². The highest BCUT2D eigenvalue weighted by atomic mass is 16.4. The molecule has 0 spiro atoms. The first kappa shape index (κ1) is 13.3. The van der Waals surface area contributed by atoms with Gasteiger partial charge in [-0.1, -0.05) is 6.42 Å². The lowest BCUT2D eigenvalue weighted by molar-refractivity contribution is -0.141. The van der Waals surface area contributed by atoms with Crippen LogP contribution in [0, 0.1) is 5.92 Å². The van der Waals surface area contributed by atoms with Crippen LogP contribution in [-0.2, 0) is 9.59 Å². The standard InChI is InChI=1S/C13H22N2O3/c16-12(17)8-10-4-3-7-15(9-10)13(18)11-5-1-2-6-14-11/h10-11,14H,1-9H2,(H,16,17)/t10?,11-/m0/s1. The Morgan fingerprint density at radius 3 is 2.72 bits per heavy atom. The van der Waals surface area contributed by atoms with E-state index >= 15 is 0 Å². The Bertz CT molecular complexity index is 313. The average Bonchev–Trinajstić information content (AvgIpc) is 2.38. The molecule has 2 fully saturated rings. The Hall–Kier alpha value is -1.10. The molecule has 0 aromatic heterocycles. The van der Waals surface area contributed by atoms with Gasteiger partial charge in [-0.05, 0) is 38.1 Å². The van der Waals surface area contributed by atoms with Gasteiger partial charge in [-0.2, -0.15) is 0 Å². The summed E-state index contributed by atoms with van der Waals surface area (Å²) in [6.45, 7) is 2.32. The molecule has 5 nitrogen and oxygen atoms in total. The van der Waals surface area contributed by atoms with Crippen molar-refractivity contribution in [3.8, 4) is 0 Å². The Morgan fingerprint density at radius 1 is 1.22 bits per heavy atom. The van der Waals surface area contributed by atoms with E-state index in [4.69, 9.17) is 5.11 Å². The number of aliphatic carboxylic acids is 1. The van der Waals surface area contributed by atoms with Gasteiger partial charge in [-0.3, -0.25) is 9.59 Å². The molecule has 0 aromatic rings. The van der Waals surface area contributed by atoms with E-state index in [1.807, 2.05) is 4.90 Å². The lowest BCUT2D eigenvalue weighted by Crippen LogP contribution is -2.51. The van der Waals surface area contributed by atoms with Crippen molar-refractivity contribution in [3.05, 3.63) is 0 Å². The summed E-state index contributed by atoms with van der Waals surface area (Å²) in [5.74, 6) is -0.460. The van der Waals surface area contributed by atoms with E-state index in [1.165, 1.54) is 0 Å². The monoisotopic (exact) mass is 254 g/mol. The molecule has 2 rings (SSSR count). The Morgan fingerprint density at radius 2 is 2.06 bits per heavy atom. The summed E-state index contributed by atoms with van der Waals surface area (Å²) in [6, 6.07) is -0.0395. The van der Waals surface area contributed by atoms with Crippen LogP contribution in [0.25, 0.3) is 0 Å². The van der Waals surface area contributed by atoms with Gasteiger partial charge in [-0.25, -0.2) is 0 Å². The number of piperidine rings is 2. The van der Waals surface area contributed by atoms with Crippen LogP contribution in [0.3, 0.4) is 0 Å². The maximum atomic E-state index is 12.3. The number of hydrogen-bond donors (Lipinski definition) is 2. The second-order valence-electron chi connectivity index (χ2n) is 5.39. The number of nitrogens with one attached hydrogen (secondary N) is 1. The highest BCUT2D eigenvalue weighted by Crippen LogP contribution is 2.21. The van der Waals surface area contributed by atoms with Gasteiger partial charge in [0, 0.05) is 19.5 Å². The van der Waals surface area contributed by atoms with E-state index in [2.05, 4.69) is 5.32 Å². The molecule has 2 heterocycles. The molecule has 2 aliphatic rings. The van der Waals surface area contributed by atoms with E-state index in [-0.39, 0.29) is 24.3 Å². The summed E-state index contributed by atoms with van der Waals surface area (Å²) in [5.41, 5.74) is 0. The molecule has 2 N–H and O–H groups in total. The van der Waals surface area contributed by atoms with Gasteiger partial charge in [0.15, 0.2) is 0 Å². The number of carbonyl (C=O) groups is 2. The fraction of sp³-hybridized carbons (Fsp3) is 0.846. The number of hydrogen-bond acceptors (Lipinski definition) is 3. The Labute approximate surface area is 108 Å². The van der Waals surface area contributed by atoms with E-state index in [9.17, 15) is 9.59 Å². The van der Waals surface area contributed by atoms with Crippen molar-refractivity contribution in [1.29, 1.82) is 0 Å². The molecule has 0 aromatic carbocycles. The van der Waals surface area contributed by atoms with Crippen LogP contribution in [0.4, 0.5) is 0 Å². The quantitative estimate of drug-likeness (QED) is 0.783. The summed E-state index contributed by atoms with van der Waals surface area (Å²) in [6.07, 6.45) is 5.20. The third-order valence-electron chi connectivity index (χ3n) is 3.90. The molecule has 18 heavy (non-hydrogen) atoms. The first-order chi connectivity index (χ1) is 8.66. The summed E-state index contributed by atoms with van der Waals surface area (Å²) in [5, 5.41) is 12.1. The molecule has 0 aliphatic carbocycles. The van der Waals surface area contributed by atoms with Crippen LogP contribution in [0.2, 0.25) is 0 Å². The SMILES string of the molecule is O=C(O)CC1CCCN(C(=O)[C@@H]2CCCCN2)C1. The van der Waals surface area contributed by atoms with Gasteiger partial charge in [-0.15, -0.1) is 0 Å². The van der Waals surface area contributed by atoms with E-state index < -0.39 is 5.97 Å². The van der Waals surface area contributed by atoms with Crippen LogP contribution < -0.4 is 5.32 Å². The lowest BCUT2D eigenvalue weighted by atomic mass is 9.93. The molecule has 0 saturated carbocycles. The molecule has 1 unspecified atom stereocenters. The Balaban J connectivity index is 1.87. The highest BCUT2D eigenvalue weighted by molar-refractivity contribution is 5.82. The number of carbonyl (C=O) groups excluding carboxylic acids is 1. The maximum absolute atomic E-state index is 12.3. The zero-order valence-electron chi connectivity index (χ0n) is 10.7. The molecule has 2 atom stereocenters. The molecular formula is C13H22N2O3. The summed E-state index contributed by atoms with van der Waals surface area (Å²) in [7, 11) is 0. The van der Waals surface area contributed by atoms with Crippen molar-refractivity contribution < 1.29 is 14.7 Å². The van der Waals surface area contributed by atoms with Gasteiger partial charge < -0.3 is 15.3 Å². The second-order valence-corrected chi connectivity index (χ2v) is 5.39. The van der Waals surface area contributed by atoms with Crippen LogP contribution in [0.5, 0.6) is 0 Å². The minimum Gasteiger partial charge on any atom is -0.481 e. The van der Waals surface area contributed by atoms with Crippen molar-refractivity contribution in [2.75, 3.05) is 19.6 Å². The lowest BCUT2D eigenvalue weighted by Gasteiger charge is -2.35. The van der Waals surface area contributed by atoms with Gasteiger partial charge in [0.05, 0.1) is 6.04 Å². The zero-order valence-corrected chi connectivity index (χ0v) is 10.7. The molecule has 0 radical (unpaired) electrons. The first-order valence-electron chi connectivity index (χ1n) is 6.91. The summed E-state index contributed by atoms with van der Waals surface area (Å²) >= 11 is 0.